The van der Waals surface area contributed by atoms with Crippen LogP contribution >= 0.6 is 0 Å². The van der Waals surface area contributed by atoms with Crippen LogP contribution in [0.3, 0.4) is 0 Å². The Labute approximate surface area is 49.8 Å². The van der Waals surface area contributed by atoms with E-state index < -0.39 is 0 Å². The van der Waals surface area contributed by atoms with Gasteiger partial charge in [-0.05, 0) is 12.3 Å². The first-order chi connectivity index (χ1) is 3.88. The fraction of sp³-hybridized carbons (Fsp3) is 0.571. The van der Waals surface area contributed by atoms with Crippen molar-refractivity contribution in [2.75, 3.05) is 6.54 Å². The van der Waals surface area contributed by atoms with E-state index in [0.29, 0.717) is 5.92 Å². The lowest BCUT2D eigenvalue weighted by Crippen LogP contribution is -1.79. The van der Waals surface area contributed by atoms with E-state index in [-0.39, 0.29) is 0 Å². The highest BCUT2D eigenvalue weighted by atomic mass is 14.7. The predicted molar refractivity (Wildman–Crippen MR) is 35.0 cm³/mol. The Morgan fingerprint density at radius 2 is 2.62 bits per heavy atom. The summed E-state index contributed by atoms with van der Waals surface area (Å²) in [6.07, 6.45) is 3.22. The summed E-state index contributed by atoms with van der Waals surface area (Å²) >= 11 is 0. The quantitative estimate of drug-likeness (QED) is 0.475. The molecule has 0 aromatic heterocycles. The topological polar surface area (TPSA) is 4.36 Å². The largest absolute Gasteiger partial charge is 0.266 e. The molecular formula is C7H10N+. The Morgan fingerprint density at radius 1 is 1.88 bits per heavy atom. The third-order valence-corrected chi connectivity index (χ3v) is 1.62. The molecule has 0 aliphatic heterocycles. The van der Waals surface area contributed by atoms with E-state index >= 15 is 0 Å². The molecule has 1 saturated carbocycles. The van der Waals surface area contributed by atoms with Crippen molar-refractivity contribution in [2.24, 2.45) is 11.8 Å². The van der Waals surface area contributed by atoms with Gasteiger partial charge in [-0.15, -0.1) is 6.58 Å². The summed E-state index contributed by atoms with van der Waals surface area (Å²) in [6.45, 7) is 9.47. The molecule has 0 amide bonds. The minimum atomic E-state index is 0.710. The van der Waals surface area contributed by atoms with Crippen molar-refractivity contribution in [3.8, 4) is 6.57 Å². The van der Waals surface area contributed by atoms with Gasteiger partial charge in [0.25, 0.3) is 13.1 Å². The molecule has 1 heteroatoms. The molecule has 1 nitrogen and oxygen atoms in total. The van der Waals surface area contributed by atoms with Gasteiger partial charge in [0, 0.05) is 5.92 Å². The number of rotatable bonds is 2. The maximum absolute atomic E-state index is 4.98. The molecule has 0 saturated heterocycles. The van der Waals surface area contributed by atoms with Gasteiger partial charge in [0.1, 0.15) is 0 Å². The van der Waals surface area contributed by atoms with Crippen molar-refractivity contribution in [1.82, 2.24) is 0 Å². The second-order valence-electron chi connectivity index (χ2n) is 2.26. The molecule has 2 atom stereocenters. The third kappa shape index (κ3) is 0.894. The first-order valence-corrected chi connectivity index (χ1v) is 2.87. The fourth-order valence-electron chi connectivity index (χ4n) is 0.905. The summed E-state index contributed by atoms with van der Waals surface area (Å²) in [7, 11) is 0. The van der Waals surface area contributed by atoms with Crippen LogP contribution in [0.25, 0.3) is 4.85 Å². The summed E-state index contributed by atoms with van der Waals surface area (Å²) in [5.41, 5.74) is 0. The SMILES string of the molecule is C#[N+]CC1CC1C=C. The lowest BCUT2D eigenvalue weighted by Gasteiger charge is -1.73. The predicted octanol–water partition coefficient (Wildman–Crippen LogP) is 1.77. The number of hydrogen-bond acceptors (Lipinski definition) is 0. The van der Waals surface area contributed by atoms with Crippen LogP contribution in [0.5, 0.6) is 0 Å². The van der Waals surface area contributed by atoms with E-state index in [0.717, 1.165) is 12.5 Å². The smallest absolute Gasteiger partial charge is 0.103 e. The maximum atomic E-state index is 4.98. The molecule has 8 heavy (non-hydrogen) atoms. The van der Waals surface area contributed by atoms with Crippen molar-refractivity contribution in [3.05, 3.63) is 17.5 Å². The zero-order valence-electron chi connectivity index (χ0n) is 4.88. The van der Waals surface area contributed by atoms with Gasteiger partial charge in [-0.3, -0.25) is 0 Å². The number of nitrogens with zero attached hydrogens (tertiary/aromatic N) is 1. The molecular weight excluding hydrogens is 98.1 g/mol. The van der Waals surface area contributed by atoms with Crippen LogP contribution in [0, 0.1) is 18.4 Å². The van der Waals surface area contributed by atoms with Gasteiger partial charge in [0.2, 0.25) is 0 Å². The molecule has 0 N–H and O–H groups in total. The van der Waals surface area contributed by atoms with Gasteiger partial charge >= 0.3 is 0 Å². The molecule has 0 spiro atoms. The van der Waals surface area contributed by atoms with Crippen LogP contribution in [0.15, 0.2) is 12.7 Å². The molecule has 0 radical (unpaired) electrons. The molecule has 42 valence electrons. The van der Waals surface area contributed by atoms with Gasteiger partial charge in [0.05, 0.1) is 0 Å². The van der Waals surface area contributed by atoms with Gasteiger partial charge in [-0.2, -0.15) is 0 Å². The highest BCUT2D eigenvalue weighted by Gasteiger charge is 2.37. The summed E-state index contributed by atoms with van der Waals surface area (Å²) in [5.74, 6) is 1.43. The molecule has 0 aromatic rings. The van der Waals surface area contributed by atoms with Crippen LogP contribution in [0.4, 0.5) is 0 Å². The molecule has 0 aromatic carbocycles. The molecule has 0 heterocycles. The second kappa shape index (κ2) is 2.00. The third-order valence-electron chi connectivity index (χ3n) is 1.62. The second-order valence-corrected chi connectivity index (χ2v) is 2.26. The van der Waals surface area contributed by atoms with E-state index in [1.54, 1.807) is 0 Å². The Balaban J connectivity index is 2.19. The minimum Gasteiger partial charge on any atom is -0.103 e. The Hall–Kier alpha value is -0.770. The number of allylic oxidation sites excluding steroid dienone is 1. The highest BCUT2D eigenvalue weighted by molar-refractivity contribution is 5.01. The van der Waals surface area contributed by atoms with Gasteiger partial charge < -0.3 is 0 Å². The standard InChI is InChI=1S/C7H10N/c1-3-6-4-7(6)5-8-2/h2-3,6-7H,1,4-5H2/q+1. The van der Waals surface area contributed by atoms with Crippen molar-refractivity contribution >= 4 is 0 Å². The van der Waals surface area contributed by atoms with Crippen LogP contribution < -0.4 is 0 Å². The summed E-state index contributed by atoms with van der Waals surface area (Å²) in [4.78, 5) is 3.55. The summed E-state index contributed by atoms with van der Waals surface area (Å²) < 4.78 is 0. The monoisotopic (exact) mass is 108 g/mol. The Bertz CT molecular complexity index is 132. The first-order valence-electron chi connectivity index (χ1n) is 2.87. The van der Waals surface area contributed by atoms with Crippen LogP contribution in [0.2, 0.25) is 0 Å². The molecule has 0 bridgehead atoms. The van der Waals surface area contributed by atoms with Gasteiger partial charge in [-0.25, -0.2) is 0 Å². The Morgan fingerprint density at radius 3 is 3.00 bits per heavy atom. The lowest BCUT2D eigenvalue weighted by molar-refractivity contribution is 0.866. The van der Waals surface area contributed by atoms with Crippen LogP contribution in [-0.4, -0.2) is 6.54 Å². The van der Waals surface area contributed by atoms with Crippen LogP contribution in [-0.2, 0) is 0 Å². The van der Waals surface area contributed by atoms with Gasteiger partial charge in [0.15, 0.2) is 0 Å². The highest BCUT2D eigenvalue weighted by Crippen LogP contribution is 2.39. The average Bonchev–Trinajstić information content (AvgIpc) is 2.48. The average molecular weight is 108 g/mol. The van der Waals surface area contributed by atoms with E-state index in [9.17, 15) is 0 Å². The van der Waals surface area contributed by atoms with Crippen molar-refractivity contribution in [3.63, 3.8) is 0 Å². The van der Waals surface area contributed by atoms with Crippen molar-refractivity contribution in [2.45, 2.75) is 6.42 Å². The first kappa shape index (κ1) is 5.37. The maximum Gasteiger partial charge on any atom is 0.266 e. The van der Waals surface area contributed by atoms with E-state index in [4.69, 9.17) is 6.57 Å². The number of hydrogen-bond donors (Lipinski definition) is 0. The van der Waals surface area contributed by atoms with Crippen molar-refractivity contribution in [1.29, 1.82) is 0 Å². The van der Waals surface area contributed by atoms with Gasteiger partial charge in [-0.1, -0.05) is 10.9 Å². The lowest BCUT2D eigenvalue weighted by atomic mass is 10.3. The molecule has 1 fully saturated rings. The zero-order chi connectivity index (χ0) is 5.98. The summed E-state index contributed by atoms with van der Waals surface area (Å²) in [5, 5.41) is 0. The van der Waals surface area contributed by atoms with E-state index in [1.165, 1.54) is 6.42 Å². The summed E-state index contributed by atoms with van der Waals surface area (Å²) in [6, 6.07) is 0. The minimum absolute atomic E-state index is 0.710. The molecule has 1 aliphatic rings. The van der Waals surface area contributed by atoms with Crippen LogP contribution in [0.1, 0.15) is 6.42 Å². The van der Waals surface area contributed by atoms with E-state index in [1.807, 2.05) is 6.08 Å². The molecule has 2 unspecified atom stereocenters. The van der Waals surface area contributed by atoms with Crippen molar-refractivity contribution < 1.29 is 0 Å². The molecule has 1 aliphatic carbocycles. The normalized spacial score (nSPS) is 33.4. The molecule has 1 rings (SSSR count). The Kier molecular flexibility index (Phi) is 1.34. The van der Waals surface area contributed by atoms with E-state index in [2.05, 4.69) is 11.4 Å². The fourth-order valence-corrected chi connectivity index (χ4v) is 0.905. The zero-order valence-corrected chi connectivity index (χ0v) is 4.88.